The number of fused-ring (bicyclic) bond motifs is 1. The summed E-state index contributed by atoms with van der Waals surface area (Å²) in [5.74, 6) is 6.88. The van der Waals surface area contributed by atoms with Crippen LogP contribution in [0.4, 0.5) is 0 Å². The molecule has 0 unspecified atom stereocenters. The molecule has 3 rings (SSSR count). The molecule has 0 saturated heterocycles. The molecule has 3 aromatic rings. The van der Waals surface area contributed by atoms with Gasteiger partial charge in [0.25, 0.3) is 0 Å². The van der Waals surface area contributed by atoms with Gasteiger partial charge in [-0.1, -0.05) is 5.92 Å². The van der Waals surface area contributed by atoms with Crippen LogP contribution < -0.4 is 4.74 Å². The summed E-state index contributed by atoms with van der Waals surface area (Å²) in [6, 6.07) is 5.84. The standard InChI is InChI=1S/C16H11N3O/c1-20-15-4-5-16-12(9-18-10-13(16)8-15)2-3-14-11-17-6-7-19-14/h4-11H,1H3. The fraction of sp³-hybridized carbons (Fsp3) is 0.0625. The highest BCUT2D eigenvalue weighted by molar-refractivity contribution is 5.88. The van der Waals surface area contributed by atoms with Crippen LogP contribution in [0.1, 0.15) is 11.3 Å². The Kier molecular flexibility index (Phi) is 3.25. The van der Waals surface area contributed by atoms with Gasteiger partial charge in [-0.3, -0.25) is 9.97 Å². The first kappa shape index (κ1) is 12.1. The predicted molar refractivity (Wildman–Crippen MR) is 76.3 cm³/mol. The van der Waals surface area contributed by atoms with E-state index in [0.717, 1.165) is 22.1 Å². The summed E-state index contributed by atoms with van der Waals surface area (Å²) in [6.45, 7) is 0. The fourth-order valence-corrected chi connectivity index (χ4v) is 1.88. The van der Waals surface area contributed by atoms with Gasteiger partial charge in [-0.05, 0) is 24.1 Å². The lowest BCUT2D eigenvalue weighted by Crippen LogP contribution is -1.87. The molecule has 0 atom stereocenters. The number of pyridine rings is 1. The zero-order chi connectivity index (χ0) is 13.8. The minimum Gasteiger partial charge on any atom is -0.497 e. The van der Waals surface area contributed by atoms with Gasteiger partial charge in [0, 0.05) is 35.6 Å². The molecular weight excluding hydrogens is 250 g/mol. The number of hydrogen-bond donors (Lipinski definition) is 0. The first-order chi connectivity index (χ1) is 9.86. The number of aromatic nitrogens is 3. The molecule has 0 fully saturated rings. The second-order valence-corrected chi connectivity index (χ2v) is 4.11. The van der Waals surface area contributed by atoms with E-state index in [1.807, 2.05) is 18.2 Å². The molecule has 2 heterocycles. The Labute approximate surface area is 116 Å². The average Bonchev–Trinajstić information content (AvgIpc) is 2.53. The molecule has 0 bridgehead atoms. The second-order valence-electron chi connectivity index (χ2n) is 4.11. The molecule has 4 nitrogen and oxygen atoms in total. The number of ether oxygens (including phenoxy) is 1. The molecule has 2 aromatic heterocycles. The topological polar surface area (TPSA) is 47.9 Å². The molecule has 0 N–H and O–H groups in total. The molecule has 96 valence electrons. The van der Waals surface area contributed by atoms with Crippen molar-refractivity contribution < 1.29 is 4.74 Å². The van der Waals surface area contributed by atoms with Gasteiger partial charge in [0.05, 0.1) is 18.9 Å². The van der Waals surface area contributed by atoms with Crippen molar-refractivity contribution >= 4 is 10.8 Å². The normalized spacial score (nSPS) is 9.85. The maximum absolute atomic E-state index is 5.21. The van der Waals surface area contributed by atoms with Crippen LogP contribution in [-0.2, 0) is 0 Å². The third-order valence-corrected chi connectivity index (χ3v) is 2.85. The summed E-state index contributed by atoms with van der Waals surface area (Å²) >= 11 is 0. The zero-order valence-electron chi connectivity index (χ0n) is 10.9. The molecule has 0 radical (unpaired) electrons. The van der Waals surface area contributed by atoms with Crippen LogP contribution in [0.5, 0.6) is 5.75 Å². The number of hydrogen-bond acceptors (Lipinski definition) is 4. The summed E-state index contributed by atoms with van der Waals surface area (Å²) in [4.78, 5) is 12.3. The quantitative estimate of drug-likeness (QED) is 0.631. The maximum atomic E-state index is 5.21. The monoisotopic (exact) mass is 261 g/mol. The first-order valence-electron chi connectivity index (χ1n) is 6.06. The number of nitrogens with zero attached hydrogens (tertiary/aromatic N) is 3. The summed E-state index contributed by atoms with van der Waals surface area (Å²) in [5, 5.41) is 2.03. The third kappa shape index (κ3) is 2.43. The van der Waals surface area contributed by atoms with Gasteiger partial charge in [-0.25, -0.2) is 4.98 Å². The van der Waals surface area contributed by atoms with Gasteiger partial charge in [0.15, 0.2) is 0 Å². The Hall–Kier alpha value is -2.93. The Balaban J connectivity index is 2.07. The molecule has 0 saturated carbocycles. The summed E-state index contributed by atoms with van der Waals surface area (Å²) in [6.07, 6.45) is 8.42. The molecular formula is C16H11N3O. The van der Waals surface area contributed by atoms with Gasteiger partial charge in [-0.15, -0.1) is 0 Å². The largest absolute Gasteiger partial charge is 0.497 e. The Morgan fingerprint density at radius 1 is 1.00 bits per heavy atom. The van der Waals surface area contributed by atoms with Crippen molar-refractivity contribution in [1.29, 1.82) is 0 Å². The van der Waals surface area contributed by atoms with Gasteiger partial charge < -0.3 is 4.74 Å². The predicted octanol–water partition coefficient (Wildman–Crippen LogP) is 2.43. The Morgan fingerprint density at radius 2 is 1.95 bits per heavy atom. The number of methoxy groups -OCH3 is 1. The van der Waals surface area contributed by atoms with Crippen LogP contribution in [0, 0.1) is 11.8 Å². The van der Waals surface area contributed by atoms with Gasteiger partial charge in [0.1, 0.15) is 11.4 Å². The van der Waals surface area contributed by atoms with Crippen molar-refractivity contribution in [2.45, 2.75) is 0 Å². The smallest absolute Gasteiger partial charge is 0.131 e. The third-order valence-electron chi connectivity index (χ3n) is 2.85. The highest BCUT2D eigenvalue weighted by atomic mass is 16.5. The van der Waals surface area contributed by atoms with Crippen LogP contribution in [-0.4, -0.2) is 22.1 Å². The lowest BCUT2D eigenvalue weighted by atomic mass is 10.1. The van der Waals surface area contributed by atoms with Crippen molar-refractivity contribution in [3.8, 4) is 17.6 Å². The van der Waals surface area contributed by atoms with Crippen LogP contribution in [0.3, 0.4) is 0 Å². The first-order valence-corrected chi connectivity index (χ1v) is 6.06. The van der Waals surface area contributed by atoms with E-state index in [1.165, 1.54) is 0 Å². The molecule has 20 heavy (non-hydrogen) atoms. The molecule has 0 aliphatic carbocycles. The van der Waals surface area contributed by atoms with Crippen molar-refractivity contribution in [1.82, 2.24) is 15.0 Å². The molecule has 1 aromatic carbocycles. The molecule has 0 amide bonds. The van der Waals surface area contributed by atoms with E-state index in [4.69, 9.17) is 4.74 Å². The summed E-state index contributed by atoms with van der Waals surface area (Å²) in [7, 11) is 1.65. The van der Waals surface area contributed by atoms with Crippen molar-refractivity contribution in [3.63, 3.8) is 0 Å². The van der Waals surface area contributed by atoms with Crippen LogP contribution in [0.15, 0.2) is 49.2 Å². The van der Waals surface area contributed by atoms with Crippen LogP contribution in [0.2, 0.25) is 0 Å². The molecule has 0 aliphatic rings. The molecule has 4 heteroatoms. The summed E-state index contributed by atoms with van der Waals surface area (Å²) < 4.78 is 5.21. The van der Waals surface area contributed by atoms with Crippen molar-refractivity contribution in [2.24, 2.45) is 0 Å². The van der Waals surface area contributed by atoms with E-state index in [-0.39, 0.29) is 0 Å². The Bertz CT molecular complexity index is 804. The van der Waals surface area contributed by atoms with Crippen molar-refractivity contribution in [2.75, 3.05) is 7.11 Å². The van der Waals surface area contributed by atoms with Gasteiger partial charge in [0.2, 0.25) is 0 Å². The highest BCUT2D eigenvalue weighted by Crippen LogP contribution is 2.22. The van der Waals surface area contributed by atoms with Crippen LogP contribution >= 0.6 is 0 Å². The highest BCUT2D eigenvalue weighted by Gasteiger charge is 2.01. The number of benzene rings is 1. The van der Waals surface area contributed by atoms with E-state index >= 15 is 0 Å². The average molecular weight is 261 g/mol. The fourth-order valence-electron chi connectivity index (χ4n) is 1.88. The minimum absolute atomic E-state index is 0.637. The van der Waals surface area contributed by atoms with E-state index in [2.05, 4.69) is 26.8 Å². The lowest BCUT2D eigenvalue weighted by Gasteiger charge is -2.03. The van der Waals surface area contributed by atoms with Gasteiger partial charge in [-0.2, -0.15) is 0 Å². The van der Waals surface area contributed by atoms with E-state index in [9.17, 15) is 0 Å². The van der Waals surface area contributed by atoms with Gasteiger partial charge >= 0.3 is 0 Å². The Morgan fingerprint density at radius 3 is 2.75 bits per heavy atom. The SMILES string of the molecule is COc1ccc2c(C#Cc3cnccn3)cncc2c1. The minimum atomic E-state index is 0.637. The second kappa shape index (κ2) is 5.37. The lowest BCUT2D eigenvalue weighted by molar-refractivity contribution is 0.415. The van der Waals surface area contributed by atoms with E-state index < -0.39 is 0 Å². The van der Waals surface area contributed by atoms with Crippen molar-refractivity contribution in [3.05, 3.63) is 60.4 Å². The maximum Gasteiger partial charge on any atom is 0.131 e. The molecule has 0 aliphatic heterocycles. The molecule has 0 spiro atoms. The van der Waals surface area contributed by atoms with E-state index in [1.54, 1.807) is 38.1 Å². The zero-order valence-corrected chi connectivity index (χ0v) is 10.9. The van der Waals surface area contributed by atoms with Crippen LogP contribution in [0.25, 0.3) is 10.8 Å². The van der Waals surface area contributed by atoms with E-state index in [0.29, 0.717) is 5.69 Å². The number of rotatable bonds is 1. The summed E-state index contributed by atoms with van der Waals surface area (Å²) in [5.41, 5.74) is 1.49.